The van der Waals surface area contributed by atoms with Gasteiger partial charge in [0.15, 0.2) is 5.78 Å². The fourth-order valence-corrected chi connectivity index (χ4v) is 4.79. The largest absolute Gasteiger partial charge is 0.469 e. The van der Waals surface area contributed by atoms with Crippen LogP contribution in [0.4, 0.5) is 29.3 Å². The zero-order valence-corrected chi connectivity index (χ0v) is 20.7. The number of methoxy groups -OCH3 is 1. The van der Waals surface area contributed by atoms with Crippen molar-refractivity contribution in [1.29, 1.82) is 0 Å². The lowest BCUT2D eigenvalue weighted by Gasteiger charge is -2.28. The van der Waals surface area contributed by atoms with Gasteiger partial charge in [0.05, 0.1) is 24.3 Å². The van der Waals surface area contributed by atoms with Gasteiger partial charge in [0.2, 0.25) is 0 Å². The summed E-state index contributed by atoms with van der Waals surface area (Å²) in [5.74, 6) is -1.21. The van der Waals surface area contributed by atoms with Gasteiger partial charge in [-0.1, -0.05) is 61.4 Å². The van der Waals surface area contributed by atoms with Gasteiger partial charge in [-0.05, 0) is 48.2 Å². The molecule has 3 aromatic carbocycles. The lowest BCUT2D eigenvalue weighted by molar-refractivity contribution is -0.148. The maximum absolute atomic E-state index is 13.2. The number of nitrogens with one attached hydrogen (secondary N) is 2. The van der Waals surface area contributed by atoms with Crippen molar-refractivity contribution in [3.8, 4) is 11.1 Å². The number of carbonyl (C=O) groups excluding carboxylic acids is 3. The third-order valence-electron chi connectivity index (χ3n) is 6.73. The number of amides is 2. The number of benzene rings is 3. The van der Waals surface area contributed by atoms with E-state index in [1.165, 1.54) is 25.3 Å². The van der Waals surface area contributed by atoms with Gasteiger partial charge in [0.1, 0.15) is 0 Å². The van der Waals surface area contributed by atoms with E-state index in [-0.39, 0.29) is 23.4 Å². The number of hydrogen-bond acceptors (Lipinski definition) is 4. The molecule has 1 aliphatic carbocycles. The summed E-state index contributed by atoms with van der Waals surface area (Å²) in [6, 6.07) is 17.8. The highest BCUT2D eigenvalue weighted by Gasteiger charge is 2.37. The number of urea groups is 1. The number of rotatable bonds is 6. The molecule has 0 aliphatic heterocycles. The zero-order chi connectivity index (χ0) is 27.3. The van der Waals surface area contributed by atoms with E-state index in [0.717, 1.165) is 30.0 Å². The maximum Gasteiger partial charge on any atom is 0.418 e. The van der Waals surface area contributed by atoms with Gasteiger partial charge in [0, 0.05) is 17.2 Å². The number of anilines is 2. The Hall–Kier alpha value is -4.14. The Labute approximate surface area is 218 Å². The molecule has 2 amide bonds. The van der Waals surface area contributed by atoms with Gasteiger partial charge >= 0.3 is 18.2 Å². The maximum atomic E-state index is 13.2. The van der Waals surface area contributed by atoms with Gasteiger partial charge in [-0.3, -0.25) is 9.59 Å². The van der Waals surface area contributed by atoms with Gasteiger partial charge in [-0.25, -0.2) is 4.79 Å². The molecule has 0 saturated heterocycles. The summed E-state index contributed by atoms with van der Waals surface area (Å²) in [4.78, 5) is 37.5. The first-order valence-electron chi connectivity index (χ1n) is 12.2. The highest BCUT2D eigenvalue weighted by Crippen LogP contribution is 2.35. The molecule has 0 heterocycles. The van der Waals surface area contributed by atoms with Gasteiger partial charge in [-0.2, -0.15) is 13.2 Å². The van der Waals surface area contributed by atoms with E-state index in [0.29, 0.717) is 24.1 Å². The molecule has 9 heteroatoms. The molecule has 1 aliphatic rings. The van der Waals surface area contributed by atoms with Crippen molar-refractivity contribution in [2.75, 3.05) is 17.7 Å². The Balaban J connectivity index is 1.40. The molecule has 0 bridgehead atoms. The van der Waals surface area contributed by atoms with E-state index in [1.54, 1.807) is 36.4 Å². The fourth-order valence-electron chi connectivity index (χ4n) is 4.79. The Bertz CT molecular complexity index is 1300. The van der Waals surface area contributed by atoms with Crippen LogP contribution in [-0.2, 0) is 15.7 Å². The Morgan fingerprint density at radius 1 is 0.789 bits per heavy atom. The Morgan fingerprint density at radius 2 is 1.37 bits per heavy atom. The summed E-state index contributed by atoms with van der Waals surface area (Å²) >= 11 is 0. The van der Waals surface area contributed by atoms with E-state index in [9.17, 15) is 27.6 Å². The standard InChI is InChI=1S/C29H27F3N2O4/c1-38-27(36)23-7-3-2-6-22(23)26(35)20-12-10-18(11-13-20)19-14-16-21(17-15-19)33-28(37)34-25-9-5-4-8-24(25)29(30,31)32/h4-5,8-17,22-23H,2-3,6-7H2,1H3,(H2,33,34,37)/t22-,23-/m1/s1. The summed E-state index contributed by atoms with van der Waals surface area (Å²) in [6.45, 7) is 0. The lowest BCUT2D eigenvalue weighted by Crippen LogP contribution is -2.33. The number of carbonyl (C=O) groups is 3. The number of alkyl halides is 3. The molecule has 2 N–H and O–H groups in total. The van der Waals surface area contributed by atoms with Gasteiger partial charge < -0.3 is 15.4 Å². The van der Waals surface area contributed by atoms with Crippen LogP contribution in [0.15, 0.2) is 72.8 Å². The molecule has 2 atom stereocenters. The van der Waals surface area contributed by atoms with Crippen molar-refractivity contribution in [2.45, 2.75) is 31.9 Å². The SMILES string of the molecule is COC(=O)[C@@H]1CCCC[C@H]1C(=O)c1ccc(-c2ccc(NC(=O)Nc3ccccc3C(F)(F)F)cc2)cc1. The van der Waals surface area contributed by atoms with E-state index < -0.39 is 23.7 Å². The number of Topliss-reactive ketones (excluding diaryl/α,β-unsaturated/α-hetero) is 1. The molecule has 0 radical (unpaired) electrons. The molecular formula is C29H27F3N2O4. The molecule has 3 aromatic rings. The van der Waals surface area contributed by atoms with E-state index in [1.807, 2.05) is 12.1 Å². The number of para-hydroxylation sites is 1. The highest BCUT2D eigenvalue weighted by molar-refractivity contribution is 6.01. The second-order valence-corrected chi connectivity index (χ2v) is 9.16. The lowest BCUT2D eigenvalue weighted by atomic mass is 9.75. The van der Waals surface area contributed by atoms with Gasteiger partial charge in [-0.15, -0.1) is 0 Å². The monoisotopic (exact) mass is 524 g/mol. The normalized spacial score (nSPS) is 17.4. The summed E-state index contributed by atoms with van der Waals surface area (Å²) < 4.78 is 44.3. The molecular weight excluding hydrogens is 497 g/mol. The van der Waals surface area contributed by atoms with Crippen molar-refractivity contribution < 1.29 is 32.3 Å². The first-order valence-corrected chi connectivity index (χ1v) is 12.2. The molecule has 0 unspecified atom stereocenters. The van der Waals surface area contributed by atoms with Crippen molar-refractivity contribution in [2.24, 2.45) is 11.8 Å². The first-order chi connectivity index (χ1) is 18.2. The quantitative estimate of drug-likeness (QED) is 0.264. The number of esters is 1. The molecule has 6 nitrogen and oxygen atoms in total. The molecule has 38 heavy (non-hydrogen) atoms. The predicted molar refractivity (Wildman–Crippen MR) is 138 cm³/mol. The van der Waals surface area contributed by atoms with Crippen molar-refractivity contribution in [3.63, 3.8) is 0 Å². The van der Waals surface area contributed by atoms with Crippen LogP contribution in [0, 0.1) is 11.8 Å². The summed E-state index contributed by atoms with van der Waals surface area (Å²) in [6.07, 6.45) is -1.49. The molecule has 1 saturated carbocycles. The molecule has 0 aromatic heterocycles. The number of ether oxygens (including phenoxy) is 1. The second kappa shape index (κ2) is 11.5. The smallest absolute Gasteiger partial charge is 0.418 e. The third-order valence-corrected chi connectivity index (χ3v) is 6.73. The fraction of sp³-hybridized carbons (Fsp3) is 0.276. The van der Waals surface area contributed by atoms with E-state index in [2.05, 4.69) is 10.6 Å². The summed E-state index contributed by atoms with van der Waals surface area (Å²) in [5, 5.41) is 4.76. The predicted octanol–water partition coefficient (Wildman–Crippen LogP) is 7.18. The molecule has 0 spiro atoms. The highest BCUT2D eigenvalue weighted by atomic mass is 19.4. The van der Waals surface area contributed by atoms with Crippen molar-refractivity contribution >= 4 is 29.2 Å². The van der Waals surface area contributed by atoms with Crippen LogP contribution in [0.25, 0.3) is 11.1 Å². The first kappa shape index (κ1) is 26.9. The Kier molecular flexibility index (Phi) is 8.14. The average Bonchev–Trinajstić information content (AvgIpc) is 2.92. The summed E-state index contributed by atoms with van der Waals surface area (Å²) in [7, 11) is 1.34. The number of ketones is 1. The molecule has 4 rings (SSSR count). The minimum absolute atomic E-state index is 0.0655. The van der Waals surface area contributed by atoms with Crippen LogP contribution in [0.1, 0.15) is 41.6 Å². The van der Waals surface area contributed by atoms with Crippen LogP contribution in [0.5, 0.6) is 0 Å². The number of halogens is 3. The van der Waals surface area contributed by atoms with Gasteiger partial charge in [0.25, 0.3) is 0 Å². The van der Waals surface area contributed by atoms with Crippen molar-refractivity contribution in [3.05, 3.63) is 83.9 Å². The van der Waals surface area contributed by atoms with Crippen molar-refractivity contribution in [1.82, 2.24) is 0 Å². The average molecular weight is 525 g/mol. The van der Waals surface area contributed by atoms with Crippen LogP contribution < -0.4 is 10.6 Å². The van der Waals surface area contributed by atoms with Crippen LogP contribution >= 0.6 is 0 Å². The van der Waals surface area contributed by atoms with E-state index in [4.69, 9.17) is 4.74 Å². The molecule has 198 valence electrons. The molecule has 1 fully saturated rings. The minimum atomic E-state index is -4.59. The van der Waals surface area contributed by atoms with Crippen LogP contribution in [-0.4, -0.2) is 24.9 Å². The topological polar surface area (TPSA) is 84.5 Å². The second-order valence-electron chi connectivity index (χ2n) is 9.16. The summed E-state index contributed by atoms with van der Waals surface area (Å²) in [5.41, 5.74) is 1.32. The van der Waals surface area contributed by atoms with Crippen LogP contribution in [0.2, 0.25) is 0 Å². The Morgan fingerprint density at radius 3 is 1.97 bits per heavy atom. The van der Waals surface area contributed by atoms with Crippen LogP contribution in [0.3, 0.4) is 0 Å². The minimum Gasteiger partial charge on any atom is -0.469 e. The third kappa shape index (κ3) is 6.22. The zero-order valence-electron chi connectivity index (χ0n) is 20.7. The van der Waals surface area contributed by atoms with E-state index >= 15 is 0 Å². The number of hydrogen-bond donors (Lipinski definition) is 2.